The smallest absolute Gasteiger partial charge is 0.00418 e. The lowest BCUT2D eigenvalue weighted by Gasteiger charge is -2.59. The molecule has 0 saturated heterocycles. The molecule has 0 radical (unpaired) electrons. The molecular formula is C30H55N. The van der Waals surface area contributed by atoms with Crippen LogP contribution < -0.4 is 5.73 Å². The fourth-order valence-corrected chi connectivity index (χ4v) is 9.62. The predicted octanol–water partition coefficient (Wildman–Crippen LogP) is 8.61. The summed E-state index contributed by atoms with van der Waals surface area (Å²) in [5.74, 6) is 6.69. The van der Waals surface area contributed by atoms with Gasteiger partial charge in [0.05, 0.1) is 0 Å². The second-order valence-corrected chi connectivity index (χ2v) is 13.9. The molecule has 0 heterocycles. The van der Waals surface area contributed by atoms with E-state index in [0.717, 1.165) is 41.4 Å². The van der Waals surface area contributed by atoms with Crippen LogP contribution in [0.4, 0.5) is 0 Å². The minimum absolute atomic E-state index is 0.485. The minimum atomic E-state index is 0.485. The molecule has 4 saturated carbocycles. The van der Waals surface area contributed by atoms with Gasteiger partial charge in [0.1, 0.15) is 0 Å². The summed E-state index contributed by atoms with van der Waals surface area (Å²) in [6, 6.07) is 0.485. The Hall–Kier alpha value is -0.0400. The minimum Gasteiger partial charge on any atom is -0.328 e. The van der Waals surface area contributed by atoms with Crippen molar-refractivity contribution in [3.63, 3.8) is 0 Å². The van der Waals surface area contributed by atoms with Crippen molar-refractivity contribution in [2.24, 2.45) is 58.0 Å². The summed E-state index contributed by atoms with van der Waals surface area (Å²) in [5.41, 5.74) is 7.64. The van der Waals surface area contributed by atoms with E-state index in [9.17, 15) is 0 Å². The van der Waals surface area contributed by atoms with E-state index in [1.807, 2.05) is 0 Å². The molecule has 8 unspecified atom stereocenters. The summed E-state index contributed by atoms with van der Waals surface area (Å²) in [7, 11) is 0. The first-order valence-electron chi connectivity index (χ1n) is 14.5. The first kappa shape index (κ1) is 24.1. The third-order valence-electron chi connectivity index (χ3n) is 11.6. The molecule has 0 spiro atoms. The Morgan fingerprint density at radius 3 is 2.39 bits per heavy atom. The Labute approximate surface area is 195 Å². The lowest BCUT2D eigenvalue weighted by Crippen LogP contribution is -2.52. The summed E-state index contributed by atoms with van der Waals surface area (Å²) in [5, 5.41) is 0. The highest BCUT2D eigenvalue weighted by molar-refractivity contribution is 5.04. The van der Waals surface area contributed by atoms with Crippen LogP contribution in [0.3, 0.4) is 0 Å². The van der Waals surface area contributed by atoms with Gasteiger partial charge in [-0.05, 0) is 116 Å². The third-order valence-corrected chi connectivity index (χ3v) is 11.6. The summed E-state index contributed by atoms with van der Waals surface area (Å²) in [6.45, 7) is 12.9. The lowest BCUT2D eigenvalue weighted by molar-refractivity contribution is -0.0889. The molecule has 2 N–H and O–H groups in total. The topological polar surface area (TPSA) is 26.0 Å². The van der Waals surface area contributed by atoms with Crippen molar-refractivity contribution in [3.8, 4) is 0 Å². The van der Waals surface area contributed by atoms with Gasteiger partial charge in [0.2, 0.25) is 0 Å². The Balaban J connectivity index is 1.52. The highest BCUT2D eigenvalue weighted by atomic mass is 14.7. The van der Waals surface area contributed by atoms with E-state index in [1.165, 1.54) is 96.3 Å². The van der Waals surface area contributed by atoms with Gasteiger partial charge < -0.3 is 5.73 Å². The normalized spacial score (nSPS) is 46.9. The Morgan fingerprint density at radius 2 is 1.61 bits per heavy atom. The Bertz CT molecular complexity index is 583. The van der Waals surface area contributed by atoms with Gasteiger partial charge in [0.25, 0.3) is 0 Å². The van der Waals surface area contributed by atoms with Crippen LogP contribution in [-0.2, 0) is 0 Å². The standard InChI is InChI=1S/C30H55N/c1-21(2)8-6-9-22(3)27-11-7-10-23-14-17-29(27,4)18-16-28-26(23)13-12-24-20-25(31)15-19-30(24,28)5/h21-28H,6-20,31H2,1-5H3/t22-,23?,24?,25?,26?,27?,28?,29?,30?/m1/s1. The summed E-state index contributed by atoms with van der Waals surface area (Å²) >= 11 is 0. The molecule has 0 aromatic heterocycles. The van der Waals surface area contributed by atoms with E-state index >= 15 is 0 Å². The molecule has 4 rings (SSSR count). The second-order valence-electron chi connectivity index (χ2n) is 13.9. The van der Waals surface area contributed by atoms with Gasteiger partial charge in [0, 0.05) is 6.04 Å². The van der Waals surface area contributed by atoms with Crippen LogP contribution in [0.15, 0.2) is 0 Å². The largest absolute Gasteiger partial charge is 0.328 e. The van der Waals surface area contributed by atoms with Crippen LogP contribution in [0.25, 0.3) is 0 Å². The van der Waals surface area contributed by atoms with Crippen molar-refractivity contribution in [2.45, 2.75) is 137 Å². The van der Waals surface area contributed by atoms with Crippen molar-refractivity contribution in [2.75, 3.05) is 0 Å². The maximum Gasteiger partial charge on any atom is 0.00418 e. The molecule has 9 atom stereocenters. The van der Waals surface area contributed by atoms with Gasteiger partial charge in [-0.2, -0.15) is 0 Å². The summed E-state index contributed by atoms with van der Waals surface area (Å²) in [4.78, 5) is 0. The van der Waals surface area contributed by atoms with Gasteiger partial charge >= 0.3 is 0 Å². The number of fused-ring (bicyclic) bond motifs is 7. The molecule has 4 fully saturated rings. The number of hydrogen-bond acceptors (Lipinski definition) is 1. The summed E-state index contributed by atoms with van der Waals surface area (Å²) in [6.07, 6.45) is 22.0. The van der Waals surface area contributed by atoms with Crippen molar-refractivity contribution in [3.05, 3.63) is 0 Å². The third kappa shape index (κ3) is 4.93. The van der Waals surface area contributed by atoms with Crippen LogP contribution in [0.5, 0.6) is 0 Å². The Morgan fingerprint density at radius 1 is 0.839 bits per heavy atom. The van der Waals surface area contributed by atoms with Gasteiger partial charge in [-0.1, -0.05) is 66.7 Å². The highest BCUT2D eigenvalue weighted by Gasteiger charge is 2.53. The van der Waals surface area contributed by atoms with Crippen LogP contribution in [0.1, 0.15) is 131 Å². The molecule has 0 aromatic carbocycles. The first-order valence-corrected chi connectivity index (χ1v) is 14.5. The van der Waals surface area contributed by atoms with Gasteiger partial charge in [-0.15, -0.1) is 0 Å². The van der Waals surface area contributed by atoms with Gasteiger partial charge in [0.15, 0.2) is 0 Å². The molecule has 1 heteroatoms. The quantitative estimate of drug-likeness (QED) is 0.465. The number of hydrogen-bond donors (Lipinski definition) is 1. The molecule has 31 heavy (non-hydrogen) atoms. The van der Waals surface area contributed by atoms with Gasteiger partial charge in [-0.3, -0.25) is 0 Å². The SMILES string of the molecule is CC(C)CCC[C@@H](C)C1CCCC2CCC1(C)CCC1C2CCC2CC(N)CCC21C. The second kappa shape index (κ2) is 9.68. The van der Waals surface area contributed by atoms with E-state index in [4.69, 9.17) is 5.73 Å². The van der Waals surface area contributed by atoms with Crippen LogP contribution in [0, 0.1) is 52.3 Å². The fourth-order valence-electron chi connectivity index (χ4n) is 9.62. The maximum absolute atomic E-state index is 6.46. The molecule has 0 aliphatic heterocycles. The van der Waals surface area contributed by atoms with Crippen molar-refractivity contribution < 1.29 is 0 Å². The van der Waals surface area contributed by atoms with Crippen molar-refractivity contribution >= 4 is 0 Å². The van der Waals surface area contributed by atoms with E-state index in [0.29, 0.717) is 16.9 Å². The van der Waals surface area contributed by atoms with E-state index in [-0.39, 0.29) is 0 Å². The highest BCUT2D eigenvalue weighted by Crippen LogP contribution is 2.62. The molecule has 1 nitrogen and oxygen atoms in total. The molecular weight excluding hydrogens is 374 g/mol. The number of rotatable bonds is 5. The molecule has 180 valence electrons. The van der Waals surface area contributed by atoms with Crippen LogP contribution in [0.2, 0.25) is 0 Å². The van der Waals surface area contributed by atoms with Crippen molar-refractivity contribution in [1.82, 2.24) is 0 Å². The molecule has 0 amide bonds. The van der Waals surface area contributed by atoms with E-state index in [1.54, 1.807) is 0 Å². The zero-order valence-electron chi connectivity index (χ0n) is 21.8. The Kier molecular flexibility index (Phi) is 7.52. The van der Waals surface area contributed by atoms with Crippen LogP contribution in [-0.4, -0.2) is 6.04 Å². The van der Waals surface area contributed by atoms with Crippen LogP contribution >= 0.6 is 0 Å². The maximum atomic E-state index is 6.46. The van der Waals surface area contributed by atoms with E-state index in [2.05, 4.69) is 34.6 Å². The average molecular weight is 430 g/mol. The monoisotopic (exact) mass is 429 g/mol. The lowest BCUT2D eigenvalue weighted by atomic mass is 9.46. The summed E-state index contributed by atoms with van der Waals surface area (Å²) < 4.78 is 0. The first-order chi connectivity index (χ1) is 14.7. The average Bonchev–Trinajstić information content (AvgIpc) is 2.69. The zero-order chi connectivity index (χ0) is 22.2. The predicted molar refractivity (Wildman–Crippen MR) is 135 cm³/mol. The van der Waals surface area contributed by atoms with Crippen molar-refractivity contribution in [1.29, 1.82) is 0 Å². The molecule has 4 aliphatic carbocycles. The zero-order valence-corrected chi connectivity index (χ0v) is 21.8. The fraction of sp³-hybridized carbons (Fsp3) is 1.00. The molecule has 0 aromatic rings. The molecule has 2 bridgehead atoms. The number of nitrogens with two attached hydrogens (primary N) is 1. The van der Waals surface area contributed by atoms with E-state index < -0.39 is 0 Å². The molecule has 4 aliphatic rings. The van der Waals surface area contributed by atoms with Gasteiger partial charge in [-0.25, -0.2) is 0 Å².